The smallest absolute Gasteiger partial charge is 0.0854 e. The third-order valence-corrected chi connectivity index (χ3v) is 4.07. The van der Waals surface area contributed by atoms with Crippen LogP contribution in [0.3, 0.4) is 0 Å². The second kappa shape index (κ2) is 5.76. The summed E-state index contributed by atoms with van der Waals surface area (Å²) in [4.78, 5) is 4.74. The van der Waals surface area contributed by atoms with Crippen molar-refractivity contribution >= 4 is 28.1 Å². The Labute approximate surface area is 129 Å². The van der Waals surface area contributed by atoms with E-state index in [-0.39, 0.29) is 0 Å². The molecule has 1 aromatic heterocycles. The summed E-state index contributed by atoms with van der Waals surface area (Å²) in [6, 6.07) is 5.93. The molecule has 0 fully saturated rings. The first-order chi connectivity index (χ1) is 10.1. The van der Waals surface area contributed by atoms with Crippen LogP contribution in [0.5, 0.6) is 0 Å². The first-order valence-corrected chi connectivity index (χ1v) is 7.50. The lowest BCUT2D eigenvalue weighted by molar-refractivity contribution is 0.161. The van der Waals surface area contributed by atoms with Gasteiger partial charge in [-0.05, 0) is 49.1 Å². The Balaban J connectivity index is 2.22. The number of nitrogens with zero attached hydrogens (tertiary/aromatic N) is 1. The summed E-state index contributed by atoms with van der Waals surface area (Å²) in [7, 11) is 0. The molecular weight excluding hydrogens is 286 g/mol. The van der Waals surface area contributed by atoms with Crippen molar-refractivity contribution in [2.24, 2.45) is 0 Å². The third kappa shape index (κ3) is 2.82. The number of ether oxygens (including phenoxy) is 1. The van der Waals surface area contributed by atoms with Gasteiger partial charge in [0.2, 0.25) is 0 Å². The standard InChI is InChI=1S/C17H18ClNO2/c1-10-7-13(11(2)20)14-9-15(18)17(19-16(14)8-10)12-3-5-21-6-4-12/h3,7-9,11,20H,4-6H2,1-2H3. The molecular formula is C17H18ClNO2. The fourth-order valence-electron chi connectivity index (χ4n) is 2.74. The molecule has 3 rings (SSSR count). The predicted octanol–water partition coefficient (Wildman–Crippen LogP) is 4.05. The molecule has 0 bridgehead atoms. The van der Waals surface area contributed by atoms with Gasteiger partial charge in [-0.1, -0.05) is 23.7 Å². The van der Waals surface area contributed by atoms with Crippen LogP contribution in [0.15, 0.2) is 24.3 Å². The Morgan fingerprint density at radius 2 is 2.14 bits per heavy atom. The fraction of sp³-hybridized carbons (Fsp3) is 0.353. The molecule has 2 heterocycles. The van der Waals surface area contributed by atoms with Gasteiger partial charge in [-0.25, -0.2) is 4.98 Å². The molecule has 0 aliphatic carbocycles. The van der Waals surface area contributed by atoms with Crippen molar-refractivity contribution in [3.8, 4) is 0 Å². The van der Waals surface area contributed by atoms with Crippen molar-refractivity contribution in [3.63, 3.8) is 0 Å². The van der Waals surface area contributed by atoms with Gasteiger partial charge in [0.25, 0.3) is 0 Å². The lowest BCUT2D eigenvalue weighted by atomic mass is 9.99. The number of aryl methyl sites for hydroxylation is 1. The van der Waals surface area contributed by atoms with Crippen molar-refractivity contribution in [1.82, 2.24) is 4.98 Å². The molecule has 1 atom stereocenters. The molecule has 21 heavy (non-hydrogen) atoms. The van der Waals surface area contributed by atoms with Gasteiger partial charge in [0.1, 0.15) is 0 Å². The van der Waals surface area contributed by atoms with Crippen LogP contribution in [0.25, 0.3) is 16.5 Å². The Kier molecular flexibility index (Phi) is 3.98. The normalized spacial score (nSPS) is 16.9. The first-order valence-electron chi connectivity index (χ1n) is 7.12. The zero-order valence-corrected chi connectivity index (χ0v) is 12.9. The van der Waals surface area contributed by atoms with E-state index < -0.39 is 6.10 Å². The van der Waals surface area contributed by atoms with Crippen molar-refractivity contribution in [2.75, 3.05) is 13.2 Å². The highest BCUT2D eigenvalue weighted by molar-refractivity contribution is 6.32. The third-order valence-electron chi connectivity index (χ3n) is 3.78. The van der Waals surface area contributed by atoms with E-state index in [0.29, 0.717) is 18.2 Å². The quantitative estimate of drug-likeness (QED) is 0.910. The molecule has 1 aliphatic heterocycles. The largest absolute Gasteiger partial charge is 0.389 e. The number of benzene rings is 1. The van der Waals surface area contributed by atoms with Crippen LogP contribution in [0.1, 0.15) is 36.3 Å². The molecule has 4 heteroatoms. The maximum atomic E-state index is 9.96. The number of fused-ring (bicyclic) bond motifs is 1. The topological polar surface area (TPSA) is 42.4 Å². The molecule has 1 aromatic carbocycles. The Morgan fingerprint density at radius 3 is 2.81 bits per heavy atom. The molecule has 1 unspecified atom stereocenters. The van der Waals surface area contributed by atoms with Crippen LogP contribution in [-0.2, 0) is 4.74 Å². The summed E-state index contributed by atoms with van der Waals surface area (Å²) in [5.74, 6) is 0. The van der Waals surface area contributed by atoms with Gasteiger partial charge in [-0.3, -0.25) is 0 Å². The zero-order valence-electron chi connectivity index (χ0n) is 12.2. The highest BCUT2D eigenvalue weighted by Gasteiger charge is 2.15. The van der Waals surface area contributed by atoms with Crippen molar-refractivity contribution < 1.29 is 9.84 Å². The molecule has 0 saturated carbocycles. The van der Waals surface area contributed by atoms with Crippen LogP contribution < -0.4 is 0 Å². The number of hydrogen-bond acceptors (Lipinski definition) is 3. The van der Waals surface area contributed by atoms with Gasteiger partial charge in [-0.15, -0.1) is 0 Å². The summed E-state index contributed by atoms with van der Waals surface area (Å²) < 4.78 is 5.34. The van der Waals surface area contributed by atoms with Crippen LogP contribution >= 0.6 is 11.6 Å². The second-order valence-electron chi connectivity index (χ2n) is 5.47. The number of hydrogen-bond donors (Lipinski definition) is 1. The van der Waals surface area contributed by atoms with Crippen LogP contribution in [-0.4, -0.2) is 23.3 Å². The van der Waals surface area contributed by atoms with E-state index in [9.17, 15) is 5.11 Å². The summed E-state index contributed by atoms with van der Waals surface area (Å²) in [5, 5.41) is 11.5. The SMILES string of the molecule is Cc1cc(C(C)O)c2cc(Cl)c(C3=CCOCC3)nc2c1. The van der Waals surface area contributed by atoms with Gasteiger partial charge in [0.15, 0.2) is 0 Å². The minimum Gasteiger partial charge on any atom is -0.389 e. The fourth-order valence-corrected chi connectivity index (χ4v) is 3.01. The highest BCUT2D eigenvalue weighted by Crippen LogP contribution is 2.32. The number of pyridine rings is 1. The average molecular weight is 304 g/mol. The van der Waals surface area contributed by atoms with Crippen LogP contribution in [0, 0.1) is 6.92 Å². The predicted molar refractivity (Wildman–Crippen MR) is 85.5 cm³/mol. The summed E-state index contributed by atoms with van der Waals surface area (Å²) >= 11 is 6.43. The molecule has 1 N–H and O–H groups in total. The molecule has 1 aliphatic rings. The molecule has 0 spiro atoms. The molecule has 3 nitrogen and oxygen atoms in total. The van der Waals surface area contributed by atoms with Crippen molar-refractivity contribution in [2.45, 2.75) is 26.4 Å². The number of halogens is 1. The molecule has 110 valence electrons. The monoisotopic (exact) mass is 303 g/mol. The number of rotatable bonds is 2. The number of aromatic nitrogens is 1. The first kappa shape index (κ1) is 14.5. The second-order valence-corrected chi connectivity index (χ2v) is 5.88. The Hall–Kier alpha value is -1.42. The number of aliphatic hydroxyl groups excluding tert-OH is 1. The summed E-state index contributed by atoms with van der Waals surface area (Å²) in [6.45, 7) is 5.08. The maximum Gasteiger partial charge on any atom is 0.0854 e. The zero-order chi connectivity index (χ0) is 15.0. The summed E-state index contributed by atoms with van der Waals surface area (Å²) in [6.07, 6.45) is 2.32. The molecule has 0 radical (unpaired) electrons. The minimum atomic E-state index is -0.543. The van der Waals surface area contributed by atoms with Crippen molar-refractivity contribution in [1.29, 1.82) is 0 Å². The van der Waals surface area contributed by atoms with Gasteiger partial charge in [-0.2, -0.15) is 0 Å². The molecule has 0 saturated heterocycles. The summed E-state index contributed by atoms with van der Waals surface area (Å²) in [5.41, 5.74) is 4.78. The van der Waals surface area contributed by atoms with E-state index in [2.05, 4.69) is 0 Å². The Bertz CT molecular complexity index is 722. The van der Waals surface area contributed by atoms with E-state index in [1.54, 1.807) is 6.92 Å². The molecule has 0 amide bonds. The van der Waals surface area contributed by atoms with E-state index in [0.717, 1.165) is 39.7 Å². The lowest BCUT2D eigenvalue weighted by Gasteiger charge is -2.16. The van der Waals surface area contributed by atoms with Gasteiger partial charge < -0.3 is 9.84 Å². The maximum absolute atomic E-state index is 9.96. The minimum absolute atomic E-state index is 0.543. The number of aliphatic hydroxyl groups is 1. The van der Waals surface area contributed by atoms with E-state index in [4.69, 9.17) is 21.3 Å². The van der Waals surface area contributed by atoms with Crippen LogP contribution in [0.4, 0.5) is 0 Å². The van der Waals surface area contributed by atoms with Gasteiger partial charge >= 0.3 is 0 Å². The van der Waals surface area contributed by atoms with E-state index in [1.165, 1.54) is 0 Å². The van der Waals surface area contributed by atoms with E-state index in [1.807, 2.05) is 31.2 Å². The van der Waals surface area contributed by atoms with Gasteiger partial charge in [0.05, 0.1) is 35.6 Å². The highest BCUT2D eigenvalue weighted by atomic mass is 35.5. The van der Waals surface area contributed by atoms with E-state index >= 15 is 0 Å². The lowest BCUT2D eigenvalue weighted by Crippen LogP contribution is -2.06. The molecule has 2 aromatic rings. The average Bonchev–Trinajstić information content (AvgIpc) is 2.47. The van der Waals surface area contributed by atoms with Crippen molar-refractivity contribution in [3.05, 3.63) is 46.1 Å². The van der Waals surface area contributed by atoms with Gasteiger partial charge in [0, 0.05) is 5.39 Å². The van der Waals surface area contributed by atoms with Crippen LogP contribution in [0.2, 0.25) is 5.02 Å². The Morgan fingerprint density at radius 1 is 1.33 bits per heavy atom.